The van der Waals surface area contributed by atoms with E-state index in [1.54, 1.807) is 0 Å². The zero-order valence-corrected chi connectivity index (χ0v) is 11.2. The van der Waals surface area contributed by atoms with E-state index < -0.39 is 10.8 Å². The van der Waals surface area contributed by atoms with Crippen molar-refractivity contribution < 1.29 is 4.21 Å². The minimum atomic E-state index is -1.07. The maximum atomic E-state index is 12.3. The lowest BCUT2D eigenvalue weighted by atomic mass is 10.1. The molecule has 88 valence electrons. The summed E-state index contributed by atoms with van der Waals surface area (Å²) in [6.45, 7) is 6.14. The van der Waals surface area contributed by atoms with E-state index in [1.165, 1.54) is 16.7 Å². The second-order valence-corrected chi connectivity index (χ2v) is 5.81. The zero-order valence-electron chi connectivity index (χ0n) is 10.4. The molecule has 0 aliphatic heterocycles. The SMILES string of the molecule is Cc1ccc(S(=O)c2ccc(C)c(C)c2)cc1. The first-order valence-electron chi connectivity index (χ1n) is 5.63. The van der Waals surface area contributed by atoms with Crippen LogP contribution < -0.4 is 0 Å². The maximum absolute atomic E-state index is 12.3. The van der Waals surface area contributed by atoms with Crippen LogP contribution in [0, 0.1) is 20.8 Å². The third-order valence-corrected chi connectivity index (χ3v) is 4.31. The van der Waals surface area contributed by atoms with Crippen LogP contribution in [0.2, 0.25) is 0 Å². The molecular weight excluding hydrogens is 228 g/mol. The molecule has 1 unspecified atom stereocenters. The van der Waals surface area contributed by atoms with Gasteiger partial charge in [-0.15, -0.1) is 0 Å². The Kier molecular flexibility index (Phi) is 3.43. The number of hydrogen-bond acceptors (Lipinski definition) is 1. The zero-order chi connectivity index (χ0) is 12.4. The van der Waals surface area contributed by atoms with Crippen LogP contribution in [0.5, 0.6) is 0 Å². The Morgan fingerprint density at radius 1 is 0.765 bits per heavy atom. The molecule has 0 bridgehead atoms. The Balaban J connectivity index is 2.37. The molecule has 0 aromatic heterocycles. The van der Waals surface area contributed by atoms with Crippen molar-refractivity contribution in [3.05, 3.63) is 59.2 Å². The van der Waals surface area contributed by atoms with Crippen molar-refractivity contribution in [2.45, 2.75) is 30.6 Å². The van der Waals surface area contributed by atoms with Crippen LogP contribution in [0.25, 0.3) is 0 Å². The van der Waals surface area contributed by atoms with Gasteiger partial charge in [-0.05, 0) is 56.2 Å². The smallest absolute Gasteiger partial charge is 0.0849 e. The molecule has 0 saturated heterocycles. The Morgan fingerprint density at radius 2 is 1.35 bits per heavy atom. The van der Waals surface area contributed by atoms with Crippen molar-refractivity contribution in [1.29, 1.82) is 0 Å². The molecule has 2 heteroatoms. The monoisotopic (exact) mass is 244 g/mol. The summed E-state index contributed by atoms with van der Waals surface area (Å²) in [7, 11) is -1.07. The predicted molar refractivity (Wildman–Crippen MR) is 71.8 cm³/mol. The lowest BCUT2D eigenvalue weighted by Gasteiger charge is -2.05. The van der Waals surface area contributed by atoms with Crippen molar-refractivity contribution in [1.82, 2.24) is 0 Å². The second-order valence-electron chi connectivity index (χ2n) is 4.33. The highest BCUT2D eigenvalue weighted by Crippen LogP contribution is 2.19. The molecule has 0 heterocycles. The normalized spacial score (nSPS) is 12.4. The van der Waals surface area contributed by atoms with Crippen LogP contribution in [0.15, 0.2) is 52.3 Å². The van der Waals surface area contributed by atoms with Crippen LogP contribution in [0.3, 0.4) is 0 Å². The van der Waals surface area contributed by atoms with Gasteiger partial charge in [-0.25, -0.2) is 4.21 Å². The molecule has 2 aromatic carbocycles. The lowest BCUT2D eigenvalue weighted by molar-refractivity contribution is 0.683. The van der Waals surface area contributed by atoms with Gasteiger partial charge in [0.05, 0.1) is 10.8 Å². The highest BCUT2D eigenvalue weighted by atomic mass is 32.2. The van der Waals surface area contributed by atoms with E-state index in [0.717, 1.165) is 9.79 Å². The van der Waals surface area contributed by atoms with Crippen LogP contribution in [-0.4, -0.2) is 4.21 Å². The third-order valence-electron chi connectivity index (χ3n) is 2.93. The average molecular weight is 244 g/mol. The molecule has 0 saturated carbocycles. The molecule has 2 rings (SSSR count). The quantitative estimate of drug-likeness (QED) is 0.785. The second kappa shape index (κ2) is 4.84. The van der Waals surface area contributed by atoms with E-state index in [1.807, 2.05) is 56.3 Å². The van der Waals surface area contributed by atoms with Gasteiger partial charge in [0.25, 0.3) is 0 Å². The molecule has 0 aliphatic rings. The van der Waals surface area contributed by atoms with Crippen molar-refractivity contribution in [3.8, 4) is 0 Å². The number of hydrogen-bond donors (Lipinski definition) is 0. The lowest BCUT2D eigenvalue weighted by Crippen LogP contribution is -1.94. The van der Waals surface area contributed by atoms with E-state index in [0.29, 0.717) is 0 Å². The highest BCUT2D eigenvalue weighted by Gasteiger charge is 2.07. The Morgan fingerprint density at radius 3 is 1.94 bits per heavy atom. The summed E-state index contributed by atoms with van der Waals surface area (Å²) < 4.78 is 12.3. The summed E-state index contributed by atoms with van der Waals surface area (Å²) in [5.74, 6) is 0. The minimum absolute atomic E-state index is 0.860. The topological polar surface area (TPSA) is 17.1 Å². The maximum Gasteiger partial charge on any atom is 0.0849 e. The van der Waals surface area contributed by atoms with Gasteiger partial charge in [0.2, 0.25) is 0 Å². The van der Waals surface area contributed by atoms with E-state index in [4.69, 9.17) is 0 Å². The summed E-state index contributed by atoms with van der Waals surface area (Å²) in [6, 6.07) is 13.8. The molecule has 0 aliphatic carbocycles. The minimum Gasteiger partial charge on any atom is -0.249 e. The molecule has 0 radical (unpaired) electrons. The van der Waals surface area contributed by atoms with Crippen LogP contribution >= 0.6 is 0 Å². The van der Waals surface area contributed by atoms with Crippen molar-refractivity contribution in [2.24, 2.45) is 0 Å². The van der Waals surface area contributed by atoms with Crippen LogP contribution in [0.1, 0.15) is 16.7 Å². The van der Waals surface area contributed by atoms with E-state index in [2.05, 4.69) is 6.92 Å². The van der Waals surface area contributed by atoms with E-state index in [9.17, 15) is 4.21 Å². The largest absolute Gasteiger partial charge is 0.249 e. The first-order valence-corrected chi connectivity index (χ1v) is 6.78. The summed E-state index contributed by atoms with van der Waals surface area (Å²) in [5, 5.41) is 0. The van der Waals surface area contributed by atoms with Crippen molar-refractivity contribution >= 4 is 10.8 Å². The molecule has 1 nitrogen and oxygen atoms in total. The Labute approximate surface area is 105 Å². The molecule has 1 atom stereocenters. The molecule has 2 aromatic rings. The molecule has 0 amide bonds. The summed E-state index contributed by atoms with van der Waals surface area (Å²) >= 11 is 0. The Hall–Kier alpha value is -1.41. The standard InChI is InChI=1S/C15H16OS/c1-11-4-7-14(8-5-11)17(16)15-9-6-12(2)13(3)10-15/h4-10H,1-3H3. The Bertz CT molecular complexity index is 556. The summed E-state index contributed by atoms with van der Waals surface area (Å²) in [4.78, 5) is 1.73. The van der Waals surface area contributed by atoms with Crippen molar-refractivity contribution in [3.63, 3.8) is 0 Å². The van der Waals surface area contributed by atoms with Gasteiger partial charge < -0.3 is 0 Å². The van der Waals surface area contributed by atoms with Gasteiger partial charge in [-0.3, -0.25) is 0 Å². The van der Waals surface area contributed by atoms with Gasteiger partial charge in [-0.2, -0.15) is 0 Å². The van der Waals surface area contributed by atoms with Gasteiger partial charge >= 0.3 is 0 Å². The van der Waals surface area contributed by atoms with E-state index in [-0.39, 0.29) is 0 Å². The summed E-state index contributed by atoms with van der Waals surface area (Å²) in [6.07, 6.45) is 0. The number of benzene rings is 2. The fourth-order valence-electron chi connectivity index (χ4n) is 1.63. The van der Waals surface area contributed by atoms with Gasteiger partial charge in [0.1, 0.15) is 0 Å². The van der Waals surface area contributed by atoms with Crippen LogP contribution in [-0.2, 0) is 10.8 Å². The predicted octanol–water partition coefficient (Wildman–Crippen LogP) is 3.78. The first-order chi connectivity index (χ1) is 8.08. The first kappa shape index (κ1) is 12.1. The molecule has 0 spiro atoms. The van der Waals surface area contributed by atoms with Gasteiger partial charge in [0, 0.05) is 9.79 Å². The number of rotatable bonds is 2. The molecule has 0 fully saturated rings. The van der Waals surface area contributed by atoms with Gasteiger partial charge in [0.15, 0.2) is 0 Å². The van der Waals surface area contributed by atoms with E-state index >= 15 is 0 Å². The molecule has 0 N–H and O–H groups in total. The molecule has 17 heavy (non-hydrogen) atoms. The van der Waals surface area contributed by atoms with Gasteiger partial charge in [-0.1, -0.05) is 23.8 Å². The number of aryl methyl sites for hydroxylation is 3. The fraction of sp³-hybridized carbons (Fsp3) is 0.200. The summed E-state index contributed by atoms with van der Waals surface area (Å²) in [5.41, 5.74) is 3.60. The highest BCUT2D eigenvalue weighted by molar-refractivity contribution is 7.85. The van der Waals surface area contributed by atoms with Crippen LogP contribution in [0.4, 0.5) is 0 Å². The fourth-order valence-corrected chi connectivity index (χ4v) is 2.76. The van der Waals surface area contributed by atoms with Crippen molar-refractivity contribution in [2.75, 3.05) is 0 Å². The molecular formula is C15H16OS. The average Bonchev–Trinajstić information content (AvgIpc) is 2.33. The third kappa shape index (κ3) is 2.64.